The predicted octanol–water partition coefficient (Wildman–Crippen LogP) is -0.180. The molecule has 0 bridgehead atoms. The fraction of sp³-hybridized carbons (Fsp3) is 0. The molecule has 1 aromatic rings. The van der Waals surface area contributed by atoms with Gasteiger partial charge in [-0.1, -0.05) is 12.1 Å². The van der Waals surface area contributed by atoms with Crippen LogP contribution in [0.3, 0.4) is 0 Å². The zero-order valence-corrected chi connectivity index (χ0v) is 7.19. The Kier molecular flexibility index (Phi) is 6.06. The zero-order valence-electron chi connectivity index (χ0n) is 6.38. The third-order valence-electron chi connectivity index (χ3n) is 1.30. The summed E-state index contributed by atoms with van der Waals surface area (Å²) in [7, 11) is -4.34. The molecule has 7 heteroatoms. The van der Waals surface area contributed by atoms with Crippen molar-refractivity contribution in [1.29, 1.82) is 0 Å². The van der Waals surface area contributed by atoms with Gasteiger partial charge in [-0.15, -0.1) is 0 Å². The topological polar surface area (TPSA) is 80.7 Å². The van der Waals surface area contributed by atoms with Gasteiger partial charge in [-0.05, 0) is 12.1 Å². The summed E-state index contributed by atoms with van der Waals surface area (Å²) in [5, 5.41) is 0. The van der Waals surface area contributed by atoms with Gasteiger partial charge in [0, 0.05) is 0 Å². The number of hydrogen-bond donors (Lipinski definition) is 1. The van der Waals surface area contributed by atoms with Crippen LogP contribution in [0.1, 0.15) is 0 Å². The molecule has 0 unspecified atom stereocenters. The molecule has 0 amide bonds. The van der Waals surface area contributed by atoms with Gasteiger partial charge in [0.05, 0.1) is 0 Å². The summed E-state index contributed by atoms with van der Waals surface area (Å²) in [5.74, 6) is -0.194. The number of hydrogen-bond acceptors (Lipinski definition) is 4. The number of ether oxygens (including phenoxy) is 1. The Hall–Kier alpha value is 0.236. The predicted molar refractivity (Wildman–Crippen MR) is 50.1 cm³/mol. The maximum atomic E-state index is 10.7. The van der Waals surface area contributed by atoms with Crippen molar-refractivity contribution in [2.75, 3.05) is 0 Å². The van der Waals surface area contributed by atoms with E-state index < -0.39 is 15.0 Å². The second-order valence-corrected chi connectivity index (χ2v) is 3.53. The quantitative estimate of drug-likeness (QED) is 0.452. The Morgan fingerprint density at radius 3 is 2.36 bits per heavy atom. The van der Waals surface area contributed by atoms with Crippen molar-refractivity contribution in [3.63, 3.8) is 0 Å². The van der Waals surface area contributed by atoms with E-state index in [1.165, 1.54) is 18.2 Å². The molecule has 5 nitrogen and oxygen atoms in total. The minimum absolute atomic E-state index is 0. The van der Waals surface area contributed by atoms with Crippen LogP contribution in [0.4, 0.5) is 0 Å². The molecule has 1 aromatic carbocycles. The Balaban J connectivity index is 0.00000169. The maximum absolute atomic E-state index is 10.7. The van der Waals surface area contributed by atoms with Crippen molar-refractivity contribution < 1.29 is 22.5 Å². The fourth-order valence-electron chi connectivity index (χ4n) is 0.812. The summed E-state index contributed by atoms with van der Waals surface area (Å²) in [5.41, 5.74) is 0. The first-order valence-corrected chi connectivity index (χ1v) is 4.66. The van der Waals surface area contributed by atoms with Crippen LogP contribution in [0, 0.1) is 0 Å². The Bertz CT molecular complexity index is 414. The van der Waals surface area contributed by atoms with Crippen molar-refractivity contribution in [2.45, 2.75) is 4.90 Å². The average Bonchev–Trinajstić information content (AvgIpc) is 2.04. The van der Waals surface area contributed by atoms with E-state index in [0.717, 1.165) is 6.07 Å². The molecule has 1 rings (SSSR count). The summed E-state index contributed by atoms with van der Waals surface area (Å²) in [4.78, 5) is 9.53. The molecular weight excluding hydrogens is 235 g/mol. The Morgan fingerprint density at radius 1 is 1.29 bits per heavy atom. The van der Waals surface area contributed by atoms with Crippen LogP contribution in [-0.2, 0) is 14.9 Å². The van der Waals surface area contributed by atoms with Crippen molar-refractivity contribution in [3.05, 3.63) is 24.3 Å². The van der Waals surface area contributed by atoms with Gasteiger partial charge in [0.1, 0.15) is 4.90 Å². The van der Waals surface area contributed by atoms with Crippen LogP contribution in [0.5, 0.6) is 5.75 Å². The van der Waals surface area contributed by atoms with E-state index in [1.807, 2.05) is 0 Å². The summed E-state index contributed by atoms with van der Waals surface area (Å²) in [6.45, 7) is 0.0873. The minimum atomic E-state index is -4.34. The molecule has 0 aromatic heterocycles. The number of para-hydroxylation sites is 1. The van der Waals surface area contributed by atoms with E-state index in [4.69, 9.17) is 4.55 Å². The molecule has 0 spiro atoms. The van der Waals surface area contributed by atoms with E-state index in [-0.39, 0.29) is 63.6 Å². The van der Waals surface area contributed by atoms with Gasteiger partial charge < -0.3 is 4.74 Å². The SMILES string of the molecule is O=COc1ccccc1S(=O)(=O)O.[KH]. The van der Waals surface area contributed by atoms with Crippen LogP contribution >= 0.6 is 0 Å². The number of carbonyl (C=O) groups excluding carboxylic acids is 1. The van der Waals surface area contributed by atoms with Crippen molar-refractivity contribution in [2.24, 2.45) is 0 Å². The van der Waals surface area contributed by atoms with Gasteiger partial charge in [-0.3, -0.25) is 9.35 Å². The van der Waals surface area contributed by atoms with E-state index in [2.05, 4.69) is 4.74 Å². The molecule has 0 saturated heterocycles. The molecule has 0 aliphatic rings. The summed E-state index contributed by atoms with van der Waals surface area (Å²) >= 11 is 0. The van der Waals surface area contributed by atoms with Gasteiger partial charge in [-0.2, -0.15) is 8.42 Å². The first kappa shape index (κ1) is 14.2. The summed E-state index contributed by atoms with van der Waals surface area (Å²) in [6.07, 6.45) is 0. The van der Waals surface area contributed by atoms with Gasteiger partial charge in [0.2, 0.25) is 0 Å². The van der Waals surface area contributed by atoms with Gasteiger partial charge in [-0.25, -0.2) is 0 Å². The van der Waals surface area contributed by atoms with Crippen LogP contribution in [-0.4, -0.2) is 70.8 Å². The van der Waals surface area contributed by atoms with Crippen molar-refractivity contribution >= 4 is 68.0 Å². The third-order valence-corrected chi connectivity index (χ3v) is 2.20. The summed E-state index contributed by atoms with van der Waals surface area (Å²) in [6, 6.07) is 5.28. The van der Waals surface area contributed by atoms with E-state index in [1.54, 1.807) is 0 Å². The van der Waals surface area contributed by atoms with Gasteiger partial charge >= 0.3 is 51.4 Å². The molecular formula is C7H7KO5S. The molecule has 14 heavy (non-hydrogen) atoms. The fourth-order valence-corrected chi connectivity index (χ4v) is 1.43. The van der Waals surface area contributed by atoms with E-state index >= 15 is 0 Å². The molecule has 0 aliphatic heterocycles. The van der Waals surface area contributed by atoms with E-state index in [0.29, 0.717) is 0 Å². The normalized spacial score (nSPS) is 10.1. The molecule has 0 radical (unpaired) electrons. The van der Waals surface area contributed by atoms with Crippen molar-refractivity contribution in [1.82, 2.24) is 0 Å². The van der Waals surface area contributed by atoms with Crippen LogP contribution in [0.2, 0.25) is 0 Å². The molecule has 0 atom stereocenters. The Morgan fingerprint density at radius 2 is 1.86 bits per heavy atom. The molecule has 0 aliphatic carbocycles. The van der Waals surface area contributed by atoms with Gasteiger partial charge in [0.25, 0.3) is 16.6 Å². The monoisotopic (exact) mass is 242 g/mol. The average molecular weight is 242 g/mol. The first-order chi connectivity index (χ1) is 6.05. The van der Waals surface area contributed by atoms with E-state index in [9.17, 15) is 13.2 Å². The number of benzene rings is 1. The summed E-state index contributed by atoms with van der Waals surface area (Å²) < 4.78 is 34.4. The third kappa shape index (κ3) is 3.77. The number of carbonyl (C=O) groups is 1. The molecule has 72 valence electrons. The molecule has 1 N–H and O–H groups in total. The van der Waals surface area contributed by atoms with Gasteiger partial charge in [0.15, 0.2) is 5.75 Å². The first-order valence-electron chi connectivity index (χ1n) is 3.22. The molecule has 0 heterocycles. The van der Waals surface area contributed by atoms with Crippen LogP contribution < -0.4 is 4.74 Å². The van der Waals surface area contributed by atoms with Crippen LogP contribution in [0.15, 0.2) is 29.2 Å². The second kappa shape index (κ2) is 5.96. The standard InChI is InChI=1S/C7H6O5S.K.H/c8-5-12-6-3-1-2-4-7(6)13(9,10)11;;/h1-5H,(H,9,10,11);;. The zero-order chi connectivity index (χ0) is 9.90. The second-order valence-electron chi connectivity index (χ2n) is 2.14. The Labute approximate surface area is 124 Å². The van der Waals surface area contributed by atoms with Crippen molar-refractivity contribution in [3.8, 4) is 5.75 Å². The molecule has 0 fully saturated rings. The number of rotatable bonds is 3. The van der Waals surface area contributed by atoms with Crippen LogP contribution in [0.25, 0.3) is 0 Å². The molecule has 0 saturated carbocycles.